The molecule has 2 heteroatoms. The Balaban J connectivity index is 2.19. The molecule has 0 aliphatic carbocycles. The zero-order chi connectivity index (χ0) is 11.1. The van der Waals surface area contributed by atoms with Crippen molar-refractivity contribution in [3.8, 4) is 0 Å². The van der Waals surface area contributed by atoms with Gasteiger partial charge in [0, 0.05) is 20.7 Å². The quantitative estimate of drug-likeness (QED) is 0.572. The van der Waals surface area contributed by atoms with Gasteiger partial charge in [0.25, 0.3) is 0 Å². The van der Waals surface area contributed by atoms with E-state index in [1.807, 2.05) is 11.8 Å². The summed E-state index contributed by atoms with van der Waals surface area (Å²) in [7, 11) is 0. The monoisotopic (exact) mass is 290 g/mol. The number of halogens is 1. The second-order valence-electron chi connectivity index (χ2n) is 4.06. The van der Waals surface area contributed by atoms with E-state index in [0.29, 0.717) is 0 Å². The summed E-state index contributed by atoms with van der Waals surface area (Å²) in [5.74, 6) is 0. The number of benzene rings is 2. The Labute approximate surface area is 108 Å². The Morgan fingerprint density at radius 1 is 1.12 bits per heavy atom. The molecule has 0 atom stereocenters. The molecule has 16 heavy (non-hydrogen) atoms. The van der Waals surface area contributed by atoms with Crippen LogP contribution in [0, 0.1) is 6.92 Å². The maximum Gasteiger partial charge on any atom is 0.0222 e. The lowest BCUT2D eigenvalue weighted by Crippen LogP contribution is -2.01. The van der Waals surface area contributed by atoms with Gasteiger partial charge >= 0.3 is 0 Å². The van der Waals surface area contributed by atoms with Gasteiger partial charge in [-0.3, -0.25) is 0 Å². The SMILES string of the molecule is Cc1ccc(Br)c2c1Sc1ccccc1C2. The highest BCUT2D eigenvalue weighted by Gasteiger charge is 2.19. The van der Waals surface area contributed by atoms with Crippen molar-refractivity contribution in [1.29, 1.82) is 0 Å². The molecular formula is C14H11BrS. The first-order valence-corrected chi connectivity index (χ1v) is 6.90. The molecule has 1 aliphatic heterocycles. The number of hydrogen-bond donors (Lipinski definition) is 0. The standard InChI is InChI=1S/C14H11BrS/c1-9-6-7-12(15)11-8-10-4-2-3-5-13(10)16-14(9)11/h2-7H,8H2,1H3. The maximum atomic E-state index is 3.65. The Kier molecular flexibility index (Phi) is 2.56. The molecule has 0 bridgehead atoms. The number of hydrogen-bond acceptors (Lipinski definition) is 1. The van der Waals surface area contributed by atoms with Crippen LogP contribution in [0.25, 0.3) is 0 Å². The minimum Gasteiger partial charge on any atom is -0.0892 e. The Hall–Kier alpha value is -0.730. The summed E-state index contributed by atoms with van der Waals surface area (Å²) in [6, 6.07) is 13.0. The van der Waals surface area contributed by atoms with Crippen LogP contribution in [-0.4, -0.2) is 0 Å². The van der Waals surface area contributed by atoms with Crippen molar-refractivity contribution in [2.24, 2.45) is 0 Å². The average molecular weight is 291 g/mol. The van der Waals surface area contributed by atoms with E-state index in [2.05, 4.69) is 59.3 Å². The average Bonchev–Trinajstić information content (AvgIpc) is 2.32. The minimum absolute atomic E-state index is 1.04. The van der Waals surface area contributed by atoms with Gasteiger partial charge in [0.2, 0.25) is 0 Å². The molecule has 1 heterocycles. The van der Waals surface area contributed by atoms with Gasteiger partial charge in [-0.05, 0) is 35.7 Å². The molecule has 2 aromatic rings. The van der Waals surface area contributed by atoms with Crippen LogP contribution in [0.2, 0.25) is 0 Å². The fraction of sp³-hybridized carbons (Fsp3) is 0.143. The summed E-state index contributed by atoms with van der Waals surface area (Å²) in [4.78, 5) is 2.82. The summed E-state index contributed by atoms with van der Waals surface area (Å²) < 4.78 is 1.23. The molecule has 0 amide bonds. The Bertz CT molecular complexity index is 511. The first-order valence-electron chi connectivity index (χ1n) is 5.29. The van der Waals surface area contributed by atoms with E-state index in [1.165, 1.54) is 31.0 Å². The fourth-order valence-electron chi connectivity index (χ4n) is 2.08. The summed E-state index contributed by atoms with van der Waals surface area (Å²) in [6.07, 6.45) is 1.04. The Morgan fingerprint density at radius 3 is 2.81 bits per heavy atom. The van der Waals surface area contributed by atoms with E-state index in [1.54, 1.807) is 0 Å². The maximum absolute atomic E-state index is 3.65. The molecule has 2 aromatic carbocycles. The summed E-state index contributed by atoms with van der Waals surface area (Å²) in [5.41, 5.74) is 4.24. The van der Waals surface area contributed by atoms with Crippen molar-refractivity contribution < 1.29 is 0 Å². The smallest absolute Gasteiger partial charge is 0.0222 e. The molecule has 1 aliphatic rings. The molecule has 0 unspecified atom stereocenters. The van der Waals surface area contributed by atoms with Crippen molar-refractivity contribution >= 4 is 27.7 Å². The highest BCUT2D eigenvalue weighted by molar-refractivity contribution is 9.10. The van der Waals surface area contributed by atoms with Gasteiger partial charge < -0.3 is 0 Å². The van der Waals surface area contributed by atoms with Crippen molar-refractivity contribution in [3.63, 3.8) is 0 Å². The van der Waals surface area contributed by atoms with E-state index in [-0.39, 0.29) is 0 Å². The van der Waals surface area contributed by atoms with E-state index < -0.39 is 0 Å². The normalized spacial score (nSPS) is 13.1. The molecular weight excluding hydrogens is 280 g/mol. The van der Waals surface area contributed by atoms with Crippen LogP contribution in [0.5, 0.6) is 0 Å². The highest BCUT2D eigenvalue weighted by Crippen LogP contribution is 2.43. The molecule has 0 N–H and O–H groups in total. The van der Waals surface area contributed by atoms with Crippen LogP contribution in [-0.2, 0) is 6.42 Å². The third-order valence-corrected chi connectivity index (χ3v) is 5.09. The lowest BCUT2D eigenvalue weighted by molar-refractivity contribution is 1.03. The van der Waals surface area contributed by atoms with Gasteiger partial charge in [-0.2, -0.15) is 0 Å². The van der Waals surface area contributed by atoms with Crippen LogP contribution >= 0.6 is 27.7 Å². The lowest BCUT2D eigenvalue weighted by atomic mass is 10.0. The second-order valence-corrected chi connectivity index (χ2v) is 5.97. The lowest BCUT2D eigenvalue weighted by Gasteiger charge is -2.21. The van der Waals surface area contributed by atoms with Crippen molar-refractivity contribution in [3.05, 3.63) is 57.6 Å². The fourth-order valence-corrected chi connectivity index (χ4v) is 3.85. The topological polar surface area (TPSA) is 0 Å². The minimum atomic E-state index is 1.04. The zero-order valence-corrected chi connectivity index (χ0v) is 11.4. The largest absolute Gasteiger partial charge is 0.0892 e. The van der Waals surface area contributed by atoms with Crippen LogP contribution in [0.3, 0.4) is 0 Å². The van der Waals surface area contributed by atoms with Gasteiger partial charge in [0.1, 0.15) is 0 Å². The van der Waals surface area contributed by atoms with Gasteiger partial charge in [-0.25, -0.2) is 0 Å². The number of rotatable bonds is 0. The predicted octanol–water partition coefficient (Wildman–Crippen LogP) is 4.81. The molecule has 0 fully saturated rings. The summed E-state index contributed by atoms with van der Waals surface area (Å²) in [5, 5.41) is 0. The molecule has 80 valence electrons. The van der Waals surface area contributed by atoms with Gasteiger partial charge in [-0.15, -0.1) is 0 Å². The van der Waals surface area contributed by atoms with E-state index >= 15 is 0 Å². The van der Waals surface area contributed by atoms with E-state index in [9.17, 15) is 0 Å². The van der Waals surface area contributed by atoms with Crippen LogP contribution in [0.4, 0.5) is 0 Å². The van der Waals surface area contributed by atoms with Gasteiger partial charge in [0.05, 0.1) is 0 Å². The second kappa shape index (κ2) is 3.94. The first kappa shape index (κ1) is 10.4. The summed E-state index contributed by atoms with van der Waals surface area (Å²) >= 11 is 5.55. The molecule has 0 nitrogen and oxygen atoms in total. The van der Waals surface area contributed by atoms with Crippen LogP contribution in [0.15, 0.2) is 50.7 Å². The highest BCUT2D eigenvalue weighted by atomic mass is 79.9. The number of fused-ring (bicyclic) bond motifs is 2. The van der Waals surface area contributed by atoms with E-state index in [4.69, 9.17) is 0 Å². The summed E-state index contributed by atoms with van der Waals surface area (Å²) in [6.45, 7) is 2.19. The van der Waals surface area contributed by atoms with Crippen molar-refractivity contribution in [1.82, 2.24) is 0 Å². The molecule has 3 rings (SSSR count). The number of aryl methyl sites for hydroxylation is 1. The third-order valence-electron chi connectivity index (χ3n) is 2.95. The molecule has 0 aromatic heterocycles. The van der Waals surface area contributed by atoms with E-state index in [0.717, 1.165) is 6.42 Å². The molecule has 0 spiro atoms. The van der Waals surface area contributed by atoms with Crippen molar-refractivity contribution in [2.45, 2.75) is 23.1 Å². The molecule has 0 radical (unpaired) electrons. The zero-order valence-electron chi connectivity index (χ0n) is 8.96. The first-order chi connectivity index (χ1) is 7.75. The van der Waals surface area contributed by atoms with Crippen LogP contribution in [0.1, 0.15) is 16.7 Å². The third kappa shape index (κ3) is 1.61. The molecule has 0 saturated heterocycles. The van der Waals surface area contributed by atoms with Gasteiger partial charge in [0.15, 0.2) is 0 Å². The van der Waals surface area contributed by atoms with Crippen molar-refractivity contribution in [2.75, 3.05) is 0 Å². The van der Waals surface area contributed by atoms with Gasteiger partial charge in [-0.1, -0.05) is 52.0 Å². The predicted molar refractivity (Wildman–Crippen MR) is 72.3 cm³/mol. The van der Waals surface area contributed by atoms with Crippen LogP contribution < -0.4 is 0 Å². The molecule has 0 saturated carbocycles. The Morgan fingerprint density at radius 2 is 1.94 bits per heavy atom.